The maximum Gasteiger partial charge on any atom is 0.0555 e. The van der Waals surface area contributed by atoms with Crippen molar-refractivity contribution in [2.24, 2.45) is 5.41 Å². The van der Waals surface area contributed by atoms with Gasteiger partial charge < -0.3 is 10.4 Å². The molecule has 0 aromatic carbocycles. The highest BCUT2D eigenvalue weighted by Gasteiger charge is 2.34. The molecule has 0 aliphatic heterocycles. The van der Waals surface area contributed by atoms with Crippen LogP contribution in [0.3, 0.4) is 0 Å². The summed E-state index contributed by atoms with van der Waals surface area (Å²) in [6.45, 7) is 4.38. The Balaban J connectivity index is 2.11. The average molecular weight is 157 g/mol. The Kier molecular flexibility index (Phi) is 3.34. The van der Waals surface area contributed by atoms with Crippen molar-refractivity contribution in [1.29, 1.82) is 0 Å². The normalized spacial score (nSPS) is 21.3. The molecular formula is C9H19NO. The van der Waals surface area contributed by atoms with Crippen molar-refractivity contribution in [1.82, 2.24) is 5.32 Å². The summed E-state index contributed by atoms with van der Waals surface area (Å²) in [4.78, 5) is 0. The third kappa shape index (κ3) is 2.17. The van der Waals surface area contributed by atoms with E-state index < -0.39 is 0 Å². The predicted octanol–water partition coefficient (Wildman–Crippen LogP) is 1.15. The number of rotatable bonds is 5. The Morgan fingerprint density at radius 3 is 2.55 bits per heavy atom. The van der Waals surface area contributed by atoms with Gasteiger partial charge in [-0.1, -0.05) is 13.3 Å². The molecular weight excluding hydrogens is 138 g/mol. The quantitative estimate of drug-likeness (QED) is 0.587. The minimum Gasteiger partial charge on any atom is -0.395 e. The molecule has 1 aliphatic rings. The predicted molar refractivity (Wildman–Crippen MR) is 46.5 cm³/mol. The molecule has 0 aromatic rings. The minimum atomic E-state index is 0.264. The van der Waals surface area contributed by atoms with Gasteiger partial charge in [-0.25, -0.2) is 0 Å². The topological polar surface area (TPSA) is 32.3 Å². The van der Waals surface area contributed by atoms with Crippen molar-refractivity contribution in [3.8, 4) is 0 Å². The molecule has 0 aromatic heterocycles. The van der Waals surface area contributed by atoms with Crippen molar-refractivity contribution < 1.29 is 5.11 Å². The molecule has 11 heavy (non-hydrogen) atoms. The lowest BCUT2D eigenvalue weighted by Gasteiger charge is -2.41. The Labute approximate surface area is 69.0 Å². The summed E-state index contributed by atoms with van der Waals surface area (Å²) in [5.74, 6) is 0. The summed E-state index contributed by atoms with van der Waals surface area (Å²) < 4.78 is 0. The fourth-order valence-corrected chi connectivity index (χ4v) is 1.76. The molecule has 1 saturated carbocycles. The second-order valence-electron chi connectivity index (χ2n) is 3.61. The van der Waals surface area contributed by atoms with Crippen LogP contribution in [0.4, 0.5) is 0 Å². The molecule has 2 nitrogen and oxygen atoms in total. The molecule has 0 radical (unpaired) electrons. The van der Waals surface area contributed by atoms with Gasteiger partial charge in [0.1, 0.15) is 0 Å². The Morgan fingerprint density at radius 1 is 1.45 bits per heavy atom. The monoisotopic (exact) mass is 157 g/mol. The van der Waals surface area contributed by atoms with E-state index in [1.54, 1.807) is 0 Å². The number of aliphatic hydroxyl groups excluding tert-OH is 1. The summed E-state index contributed by atoms with van der Waals surface area (Å²) in [6, 6.07) is 0. The first-order chi connectivity index (χ1) is 5.33. The van der Waals surface area contributed by atoms with Gasteiger partial charge >= 0.3 is 0 Å². The molecule has 1 fully saturated rings. The zero-order valence-corrected chi connectivity index (χ0v) is 7.40. The van der Waals surface area contributed by atoms with E-state index >= 15 is 0 Å². The highest BCUT2D eigenvalue weighted by molar-refractivity contribution is 4.88. The van der Waals surface area contributed by atoms with Crippen LogP contribution in [0.15, 0.2) is 0 Å². The molecule has 66 valence electrons. The Morgan fingerprint density at radius 2 is 2.18 bits per heavy atom. The van der Waals surface area contributed by atoms with Gasteiger partial charge in [-0.15, -0.1) is 0 Å². The van der Waals surface area contributed by atoms with Crippen LogP contribution in [0.25, 0.3) is 0 Å². The fourth-order valence-electron chi connectivity index (χ4n) is 1.76. The molecule has 2 heteroatoms. The number of hydrogen-bond donors (Lipinski definition) is 2. The Hall–Kier alpha value is -0.0800. The smallest absolute Gasteiger partial charge is 0.0555 e. The first-order valence-corrected chi connectivity index (χ1v) is 4.64. The summed E-state index contributed by atoms with van der Waals surface area (Å²) >= 11 is 0. The van der Waals surface area contributed by atoms with Gasteiger partial charge in [0.25, 0.3) is 0 Å². The zero-order chi connectivity index (χ0) is 8.16. The summed E-state index contributed by atoms with van der Waals surface area (Å²) in [7, 11) is 0. The molecule has 0 amide bonds. The maximum absolute atomic E-state index is 8.56. The molecule has 0 spiro atoms. The van der Waals surface area contributed by atoms with Crippen molar-refractivity contribution in [3.63, 3.8) is 0 Å². The van der Waals surface area contributed by atoms with Crippen molar-refractivity contribution >= 4 is 0 Å². The van der Waals surface area contributed by atoms with Crippen LogP contribution in [0.2, 0.25) is 0 Å². The van der Waals surface area contributed by atoms with Gasteiger partial charge in [0, 0.05) is 13.1 Å². The molecule has 0 unspecified atom stereocenters. The van der Waals surface area contributed by atoms with E-state index in [1.165, 1.54) is 25.7 Å². The number of aliphatic hydroxyl groups is 1. The van der Waals surface area contributed by atoms with Gasteiger partial charge in [-0.3, -0.25) is 0 Å². The standard InChI is InChI=1S/C9H19NO/c1-2-9(4-3-5-9)8-10-6-7-11/h10-11H,2-8H2,1H3. The lowest BCUT2D eigenvalue weighted by molar-refractivity contribution is 0.121. The number of hydrogen-bond acceptors (Lipinski definition) is 2. The summed E-state index contributed by atoms with van der Waals surface area (Å²) in [5.41, 5.74) is 0.592. The van der Waals surface area contributed by atoms with Crippen LogP contribution in [-0.2, 0) is 0 Å². The van der Waals surface area contributed by atoms with E-state index in [9.17, 15) is 0 Å². The minimum absolute atomic E-state index is 0.264. The van der Waals surface area contributed by atoms with E-state index in [1.807, 2.05) is 0 Å². The molecule has 1 aliphatic carbocycles. The van der Waals surface area contributed by atoms with Crippen LogP contribution < -0.4 is 5.32 Å². The zero-order valence-electron chi connectivity index (χ0n) is 7.40. The van der Waals surface area contributed by atoms with Crippen LogP contribution in [0, 0.1) is 5.41 Å². The van der Waals surface area contributed by atoms with E-state index in [4.69, 9.17) is 5.11 Å². The molecule has 0 bridgehead atoms. The average Bonchev–Trinajstić information content (AvgIpc) is 1.95. The Bertz CT molecular complexity index is 105. The molecule has 0 saturated heterocycles. The third-order valence-corrected chi connectivity index (χ3v) is 2.95. The van der Waals surface area contributed by atoms with E-state index in [2.05, 4.69) is 12.2 Å². The van der Waals surface area contributed by atoms with Gasteiger partial charge in [0.15, 0.2) is 0 Å². The molecule has 0 atom stereocenters. The first-order valence-electron chi connectivity index (χ1n) is 4.64. The maximum atomic E-state index is 8.56. The van der Waals surface area contributed by atoms with Gasteiger partial charge in [-0.05, 0) is 24.7 Å². The van der Waals surface area contributed by atoms with Gasteiger partial charge in [0.05, 0.1) is 6.61 Å². The van der Waals surface area contributed by atoms with Crippen LogP contribution in [0.1, 0.15) is 32.6 Å². The van der Waals surface area contributed by atoms with E-state index in [0.29, 0.717) is 5.41 Å². The van der Waals surface area contributed by atoms with E-state index in [-0.39, 0.29) is 6.61 Å². The highest BCUT2D eigenvalue weighted by atomic mass is 16.3. The van der Waals surface area contributed by atoms with Crippen molar-refractivity contribution in [3.05, 3.63) is 0 Å². The van der Waals surface area contributed by atoms with Crippen molar-refractivity contribution in [2.45, 2.75) is 32.6 Å². The molecule has 1 rings (SSSR count). The first kappa shape index (κ1) is 9.01. The molecule has 2 N–H and O–H groups in total. The highest BCUT2D eigenvalue weighted by Crippen LogP contribution is 2.42. The van der Waals surface area contributed by atoms with Crippen LogP contribution in [0.5, 0.6) is 0 Å². The second kappa shape index (κ2) is 4.07. The third-order valence-electron chi connectivity index (χ3n) is 2.95. The SMILES string of the molecule is CCC1(CNCCO)CCC1. The largest absolute Gasteiger partial charge is 0.395 e. The van der Waals surface area contributed by atoms with E-state index in [0.717, 1.165) is 13.1 Å². The summed E-state index contributed by atoms with van der Waals surface area (Å²) in [5, 5.41) is 11.8. The lowest BCUT2D eigenvalue weighted by Crippen LogP contribution is -2.40. The molecule has 0 heterocycles. The fraction of sp³-hybridized carbons (Fsp3) is 1.00. The number of nitrogens with one attached hydrogen (secondary N) is 1. The van der Waals surface area contributed by atoms with Gasteiger partial charge in [-0.2, -0.15) is 0 Å². The second-order valence-corrected chi connectivity index (χ2v) is 3.61. The lowest BCUT2D eigenvalue weighted by atomic mass is 9.67. The van der Waals surface area contributed by atoms with Crippen LogP contribution in [-0.4, -0.2) is 24.8 Å². The van der Waals surface area contributed by atoms with Crippen molar-refractivity contribution in [2.75, 3.05) is 19.7 Å². The van der Waals surface area contributed by atoms with Gasteiger partial charge in [0.2, 0.25) is 0 Å². The summed E-state index contributed by atoms with van der Waals surface area (Å²) in [6.07, 6.45) is 5.43. The van der Waals surface area contributed by atoms with Crippen LogP contribution >= 0.6 is 0 Å².